The van der Waals surface area contributed by atoms with Crippen LogP contribution >= 0.6 is 0 Å². The third-order valence-electron chi connectivity index (χ3n) is 4.86. The average molecular weight is 283 g/mol. The minimum absolute atomic E-state index is 0.369. The summed E-state index contributed by atoms with van der Waals surface area (Å²) in [6.07, 6.45) is 11.0. The molecule has 1 saturated carbocycles. The van der Waals surface area contributed by atoms with Crippen LogP contribution in [0, 0.1) is 5.92 Å². The van der Waals surface area contributed by atoms with Gasteiger partial charge in [0, 0.05) is 17.6 Å². The number of pyridine rings is 1. The summed E-state index contributed by atoms with van der Waals surface area (Å²) in [5, 5.41) is 1.26. The summed E-state index contributed by atoms with van der Waals surface area (Å²) >= 11 is 0. The molecule has 0 saturated heterocycles. The van der Waals surface area contributed by atoms with E-state index < -0.39 is 0 Å². The molecule has 3 rings (SSSR count). The van der Waals surface area contributed by atoms with E-state index in [1.54, 1.807) is 0 Å². The number of rotatable bonds is 4. The predicted octanol–water partition coefficient (Wildman–Crippen LogP) is 3.58. The molecule has 1 aromatic heterocycles. The first kappa shape index (κ1) is 14.5. The van der Waals surface area contributed by atoms with Crippen LogP contribution in [0.2, 0.25) is 0 Å². The Hall–Kier alpha value is -1.45. The molecule has 0 amide bonds. The molecule has 1 atom stereocenters. The van der Waals surface area contributed by atoms with Gasteiger partial charge >= 0.3 is 0 Å². The van der Waals surface area contributed by atoms with Crippen molar-refractivity contribution in [1.82, 2.24) is 10.4 Å². The smallest absolute Gasteiger partial charge is 0.0704 e. The van der Waals surface area contributed by atoms with E-state index >= 15 is 0 Å². The number of hydrogen-bond donors (Lipinski definition) is 2. The van der Waals surface area contributed by atoms with Crippen LogP contribution in [-0.4, -0.2) is 11.0 Å². The van der Waals surface area contributed by atoms with Crippen LogP contribution < -0.4 is 11.3 Å². The zero-order chi connectivity index (χ0) is 14.5. The molecule has 1 aliphatic rings. The van der Waals surface area contributed by atoms with Crippen LogP contribution in [-0.2, 0) is 6.42 Å². The Morgan fingerprint density at radius 3 is 2.62 bits per heavy atom. The first-order valence-electron chi connectivity index (χ1n) is 8.17. The number of hydrazine groups is 1. The molecule has 3 N–H and O–H groups in total. The number of nitrogens with zero attached hydrogens (tertiary/aromatic N) is 1. The van der Waals surface area contributed by atoms with Crippen LogP contribution in [0.3, 0.4) is 0 Å². The minimum atomic E-state index is 0.369. The second-order valence-electron chi connectivity index (χ2n) is 6.22. The molecule has 21 heavy (non-hydrogen) atoms. The molecular formula is C18H25N3. The number of nitrogens with one attached hydrogen (secondary N) is 1. The van der Waals surface area contributed by atoms with E-state index in [1.165, 1.54) is 49.5 Å². The van der Waals surface area contributed by atoms with Crippen LogP contribution in [0.25, 0.3) is 10.9 Å². The van der Waals surface area contributed by atoms with Gasteiger partial charge < -0.3 is 0 Å². The molecular weight excluding hydrogens is 258 g/mol. The second kappa shape index (κ2) is 7.01. The fraction of sp³-hybridized carbons (Fsp3) is 0.500. The molecule has 1 fully saturated rings. The molecule has 0 radical (unpaired) electrons. The molecule has 3 nitrogen and oxygen atoms in total. The predicted molar refractivity (Wildman–Crippen MR) is 87.8 cm³/mol. The number of nitrogens with two attached hydrogens (primary N) is 1. The van der Waals surface area contributed by atoms with Crippen LogP contribution in [0.1, 0.15) is 44.1 Å². The van der Waals surface area contributed by atoms with Gasteiger partial charge in [0.2, 0.25) is 0 Å². The Kier molecular flexibility index (Phi) is 4.84. The Balaban J connectivity index is 1.81. The van der Waals surface area contributed by atoms with Gasteiger partial charge in [-0.05, 0) is 42.9 Å². The number of benzene rings is 1. The number of hydrogen-bond acceptors (Lipinski definition) is 3. The van der Waals surface area contributed by atoms with Crippen molar-refractivity contribution in [1.29, 1.82) is 0 Å². The Bertz CT molecular complexity index is 568. The topological polar surface area (TPSA) is 50.9 Å². The van der Waals surface area contributed by atoms with Gasteiger partial charge in [-0.2, -0.15) is 0 Å². The van der Waals surface area contributed by atoms with Crippen molar-refractivity contribution >= 4 is 10.9 Å². The summed E-state index contributed by atoms with van der Waals surface area (Å²) in [5.74, 6) is 6.58. The average Bonchev–Trinajstić information content (AvgIpc) is 2.82. The Morgan fingerprint density at radius 2 is 1.86 bits per heavy atom. The summed E-state index contributed by atoms with van der Waals surface area (Å²) in [5.41, 5.74) is 5.52. The van der Waals surface area contributed by atoms with E-state index in [-0.39, 0.29) is 0 Å². The zero-order valence-electron chi connectivity index (χ0n) is 12.6. The lowest BCUT2D eigenvalue weighted by Gasteiger charge is -2.26. The molecule has 2 aromatic rings. The summed E-state index contributed by atoms with van der Waals surface area (Å²) in [6, 6.07) is 10.9. The normalized spacial score (nSPS) is 18.5. The van der Waals surface area contributed by atoms with Gasteiger partial charge in [0.05, 0.1) is 5.52 Å². The second-order valence-corrected chi connectivity index (χ2v) is 6.22. The lowest BCUT2D eigenvalue weighted by molar-refractivity contribution is 0.321. The third kappa shape index (κ3) is 3.42. The largest absolute Gasteiger partial charge is 0.271 e. The molecule has 0 aliphatic heterocycles. The number of para-hydroxylation sites is 1. The van der Waals surface area contributed by atoms with E-state index in [1.807, 2.05) is 12.3 Å². The molecule has 0 bridgehead atoms. The molecule has 1 aliphatic carbocycles. The van der Waals surface area contributed by atoms with Crippen molar-refractivity contribution < 1.29 is 0 Å². The quantitative estimate of drug-likeness (QED) is 0.512. The number of fused-ring (bicyclic) bond motifs is 1. The monoisotopic (exact) mass is 283 g/mol. The van der Waals surface area contributed by atoms with Crippen molar-refractivity contribution in [2.45, 2.75) is 51.0 Å². The van der Waals surface area contributed by atoms with E-state index in [4.69, 9.17) is 5.84 Å². The SMILES string of the molecule is NNC(Cc1ccnc2ccccc12)C1CCCCCC1. The molecule has 1 aromatic carbocycles. The van der Waals surface area contributed by atoms with Crippen molar-refractivity contribution in [3.8, 4) is 0 Å². The first-order valence-corrected chi connectivity index (χ1v) is 8.17. The number of aromatic nitrogens is 1. The van der Waals surface area contributed by atoms with Crippen LogP contribution in [0.15, 0.2) is 36.5 Å². The molecule has 1 unspecified atom stereocenters. The van der Waals surface area contributed by atoms with E-state index in [0.717, 1.165) is 11.9 Å². The highest BCUT2D eigenvalue weighted by Crippen LogP contribution is 2.28. The van der Waals surface area contributed by atoms with Crippen molar-refractivity contribution in [3.63, 3.8) is 0 Å². The fourth-order valence-corrected chi connectivity index (χ4v) is 3.64. The minimum Gasteiger partial charge on any atom is -0.271 e. The van der Waals surface area contributed by atoms with Gasteiger partial charge in [-0.15, -0.1) is 0 Å². The maximum atomic E-state index is 5.88. The van der Waals surface area contributed by atoms with Crippen molar-refractivity contribution in [3.05, 3.63) is 42.1 Å². The van der Waals surface area contributed by atoms with Gasteiger partial charge in [0.15, 0.2) is 0 Å². The highest BCUT2D eigenvalue weighted by Gasteiger charge is 2.22. The summed E-state index contributed by atoms with van der Waals surface area (Å²) in [6.45, 7) is 0. The van der Waals surface area contributed by atoms with Gasteiger partial charge in [0.1, 0.15) is 0 Å². The maximum absolute atomic E-state index is 5.88. The standard InChI is InChI=1S/C18H25N3/c19-21-18(14-7-3-1-2-4-8-14)13-15-11-12-20-17-10-6-5-9-16(15)17/h5-6,9-12,14,18,21H,1-4,7-8,13,19H2. The van der Waals surface area contributed by atoms with E-state index in [9.17, 15) is 0 Å². The van der Waals surface area contributed by atoms with Gasteiger partial charge in [-0.1, -0.05) is 43.9 Å². The molecule has 0 spiro atoms. The summed E-state index contributed by atoms with van der Waals surface area (Å²) < 4.78 is 0. The first-order chi connectivity index (χ1) is 10.4. The zero-order valence-corrected chi connectivity index (χ0v) is 12.6. The van der Waals surface area contributed by atoms with Gasteiger partial charge in [-0.25, -0.2) is 0 Å². The molecule has 3 heteroatoms. The Labute approximate surface area is 126 Å². The van der Waals surface area contributed by atoms with E-state index in [2.05, 4.69) is 34.7 Å². The van der Waals surface area contributed by atoms with Crippen molar-refractivity contribution in [2.75, 3.05) is 0 Å². The van der Waals surface area contributed by atoms with Crippen LogP contribution in [0.5, 0.6) is 0 Å². The fourth-order valence-electron chi connectivity index (χ4n) is 3.64. The highest BCUT2D eigenvalue weighted by atomic mass is 15.2. The van der Waals surface area contributed by atoms with Gasteiger partial charge in [0.25, 0.3) is 0 Å². The van der Waals surface area contributed by atoms with Gasteiger partial charge in [-0.3, -0.25) is 16.3 Å². The lowest BCUT2D eigenvalue weighted by Crippen LogP contribution is -2.42. The highest BCUT2D eigenvalue weighted by molar-refractivity contribution is 5.81. The third-order valence-corrected chi connectivity index (χ3v) is 4.86. The Morgan fingerprint density at radius 1 is 1.10 bits per heavy atom. The lowest BCUT2D eigenvalue weighted by atomic mass is 9.87. The maximum Gasteiger partial charge on any atom is 0.0704 e. The summed E-state index contributed by atoms with van der Waals surface area (Å²) in [4.78, 5) is 4.45. The van der Waals surface area contributed by atoms with Crippen molar-refractivity contribution in [2.24, 2.45) is 11.8 Å². The summed E-state index contributed by atoms with van der Waals surface area (Å²) in [7, 11) is 0. The molecule has 112 valence electrons. The molecule has 1 heterocycles. The van der Waals surface area contributed by atoms with Crippen LogP contribution in [0.4, 0.5) is 0 Å². The van der Waals surface area contributed by atoms with E-state index in [0.29, 0.717) is 12.0 Å².